The second kappa shape index (κ2) is 10.1. The van der Waals surface area contributed by atoms with Gasteiger partial charge in [-0.25, -0.2) is 0 Å². The molecule has 1 aliphatic heterocycles. The summed E-state index contributed by atoms with van der Waals surface area (Å²) in [7, 11) is 1.66. The minimum absolute atomic E-state index is 0.0773. The topological polar surface area (TPSA) is 68.8 Å². The van der Waals surface area contributed by atoms with Crippen LogP contribution in [0.5, 0.6) is 0 Å². The molecule has 0 radical (unpaired) electrons. The Morgan fingerprint density at radius 1 is 1.42 bits per heavy atom. The average Bonchev–Trinajstić information content (AvgIpc) is 2.93. The van der Waals surface area contributed by atoms with E-state index >= 15 is 0 Å². The van der Waals surface area contributed by atoms with Crippen LogP contribution in [0.25, 0.3) is 0 Å². The molecular weight excluding hydrogens is 248 g/mol. The van der Waals surface area contributed by atoms with Gasteiger partial charge in [-0.2, -0.15) is 0 Å². The lowest BCUT2D eigenvalue weighted by molar-refractivity contribution is -0.133. The number of methoxy groups -OCH3 is 1. The van der Waals surface area contributed by atoms with Gasteiger partial charge in [0.05, 0.1) is 19.3 Å². The summed E-state index contributed by atoms with van der Waals surface area (Å²) in [6.07, 6.45) is 1.84. The number of carbonyl (C=O) groups is 1. The molecule has 1 fully saturated rings. The van der Waals surface area contributed by atoms with Gasteiger partial charge in [0.25, 0.3) is 0 Å². The second-order valence-electron chi connectivity index (χ2n) is 4.64. The fourth-order valence-corrected chi connectivity index (χ4v) is 1.82. The van der Waals surface area contributed by atoms with Gasteiger partial charge < -0.3 is 24.8 Å². The van der Waals surface area contributed by atoms with Crippen LogP contribution in [-0.2, 0) is 19.0 Å². The molecule has 19 heavy (non-hydrogen) atoms. The third kappa shape index (κ3) is 7.47. The molecule has 1 amide bonds. The average molecular weight is 274 g/mol. The first-order chi connectivity index (χ1) is 9.24. The van der Waals surface area contributed by atoms with Crippen LogP contribution in [0, 0.1) is 0 Å². The first kappa shape index (κ1) is 16.4. The Hall–Kier alpha value is -0.690. The highest BCUT2D eigenvalue weighted by Gasteiger charge is 2.19. The van der Waals surface area contributed by atoms with Crippen LogP contribution in [0.15, 0.2) is 0 Å². The van der Waals surface area contributed by atoms with E-state index in [1.165, 1.54) is 0 Å². The van der Waals surface area contributed by atoms with Crippen molar-refractivity contribution < 1.29 is 19.0 Å². The van der Waals surface area contributed by atoms with Crippen LogP contribution in [0.2, 0.25) is 0 Å². The number of ether oxygens (including phenoxy) is 3. The number of nitrogens with one attached hydrogen (secondary N) is 2. The third-order valence-electron chi connectivity index (χ3n) is 3.01. The minimum atomic E-state index is -0.428. The normalized spacial score (nSPS) is 20.4. The fraction of sp³-hybridized carbons (Fsp3) is 0.923. The van der Waals surface area contributed by atoms with Gasteiger partial charge in [-0.15, -0.1) is 0 Å². The Morgan fingerprint density at radius 3 is 2.95 bits per heavy atom. The van der Waals surface area contributed by atoms with Crippen molar-refractivity contribution in [3.63, 3.8) is 0 Å². The van der Waals surface area contributed by atoms with Gasteiger partial charge in [0.15, 0.2) is 0 Å². The van der Waals surface area contributed by atoms with Gasteiger partial charge in [-0.05, 0) is 19.8 Å². The first-order valence-corrected chi connectivity index (χ1v) is 6.94. The Labute approximate surface area is 115 Å². The highest BCUT2D eigenvalue weighted by Crippen LogP contribution is 2.12. The van der Waals surface area contributed by atoms with Crippen molar-refractivity contribution in [3.8, 4) is 0 Å². The number of hydrogen-bond donors (Lipinski definition) is 2. The summed E-state index contributed by atoms with van der Waals surface area (Å²) >= 11 is 0. The van der Waals surface area contributed by atoms with E-state index in [4.69, 9.17) is 14.2 Å². The summed E-state index contributed by atoms with van der Waals surface area (Å²) in [5.41, 5.74) is 0. The molecule has 0 saturated carbocycles. The molecule has 0 aromatic rings. The van der Waals surface area contributed by atoms with E-state index < -0.39 is 6.10 Å². The zero-order valence-corrected chi connectivity index (χ0v) is 11.9. The quantitative estimate of drug-likeness (QED) is 0.546. The van der Waals surface area contributed by atoms with Crippen molar-refractivity contribution in [2.45, 2.75) is 32.0 Å². The largest absolute Gasteiger partial charge is 0.383 e. The van der Waals surface area contributed by atoms with Crippen molar-refractivity contribution in [2.24, 2.45) is 0 Å². The van der Waals surface area contributed by atoms with Crippen molar-refractivity contribution >= 4 is 5.91 Å². The van der Waals surface area contributed by atoms with E-state index in [1.807, 2.05) is 0 Å². The zero-order valence-electron chi connectivity index (χ0n) is 11.9. The van der Waals surface area contributed by atoms with E-state index in [2.05, 4.69) is 10.6 Å². The van der Waals surface area contributed by atoms with Crippen molar-refractivity contribution in [1.82, 2.24) is 10.6 Å². The lowest BCUT2D eigenvalue weighted by atomic mass is 10.2. The smallest absolute Gasteiger partial charge is 0.248 e. The van der Waals surface area contributed by atoms with Gasteiger partial charge in [0.2, 0.25) is 5.91 Å². The molecule has 6 heteroatoms. The molecule has 0 bridgehead atoms. The molecule has 2 N–H and O–H groups in total. The lowest BCUT2D eigenvalue weighted by Crippen LogP contribution is -2.39. The molecule has 112 valence electrons. The van der Waals surface area contributed by atoms with Crippen LogP contribution < -0.4 is 10.6 Å². The van der Waals surface area contributed by atoms with Crippen molar-refractivity contribution in [3.05, 3.63) is 0 Å². The maximum Gasteiger partial charge on any atom is 0.248 e. The summed E-state index contributed by atoms with van der Waals surface area (Å²) in [6.45, 7) is 5.86. The highest BCUT2D eigenvalue weighted by atomic mass is 16.5. The van der Waals surface area contributed by atoms with Gasteiger partial charge in [0, 0.05) is 33.4 Å². The van der Waals surface area contributed by atoms with Crippen molar-refractivity contribution in [1.29, 1.82) is 0 Å². The van der Waals surface area contributed by atoms with Crippen LogP contribution in [0.3, 0.4) is 0 Å². The zero-order chi connectivity index (χ0) is 13.9. The second-order valence-corrected chi connectivity index (χ2v) is 4.64. The summed E-state index contributed by atoms with van der Waals surface area (Å²) in [6, 6.07) is 0. The van der Waals surface area contributed by atoms with Crippen LogP contribution in [-0.4, -0.2) is 64.7 Å². The summed E-state index contributed by atoms with van der Waals surface area (Å²) < 4.78 is 15.9. The molecule has 0 spiro atoms. The van der Waals surface area contributed by atoms with Crippen LogP contribution in [0.1, 0.15) is 19.8 Å². The monoisotopic (exact) mass is 274 g/mol. The van der Waals surface area contributed by atoms with E-state index in [-0.39, 0.29) is 12.0 Å². The number of amides is 1. The molecule has 1 saturated heterocycles. The van der Waals surface area contributed by atoms with Crippen molar-refractivity contribution in [2.75, 3.05) is 46.6 Å². The molecule has 0 aromatic carbocycles. The maximum absolute atomic E-state index is 11.7. The van der Waals surface area contributed by atoms with E-state index in [9.17, 15) is 4.79 Å². The molecule has 6 nitrogen and oxygen atoms in total. The summed E-state index contributed by atoms with van der Waals surface area (Å²) in [5, 5.41) is 5.98. The number of rotatable bonds is 10. The lowest BCUT2D eigenvalue weighted by Gasteiger charge is -2.16. The molecular formula is C13H26N2O4. The molecule has 1 aliphatic rings. The Morgan fingerprint density at radius 2 is 2.26 bits per heavy atom. The Balaban J connectivity index is 1.98. The Kier molecular flexibility index (Phi) is 8.73. The van der Waals surface area contributed by atoms with Crippen LogP contribution >= 0.6 is 0 Å². The third-order valence-corrected chi connectivity index (χ3v) is 3.01. The van der Waals surface area contributed by atoms with E-state index in [0.717, 1.165) is 32.5 Å². The fourth-order valence-electron chi connectivity index (χ4n) is 1.82. The highest BCUT2D eigenvalue weighted by molar-refractivity contribution is 5.80. The number of hydrogen-bond acceptors (Lipinski definition) is 5. The van der Waals surface area contributed by atoms with E-state index in [0.29, 0.717) is 19.8 Å². The predicted octanol–water partition coefficient (Wildman–Crippen LogP) is -0.0773. The van der Waals surface area contributed by atoms with Gasteiger partial charge in [-0.1, -0.05) is 0 Å². The molecule has 2 atom stereocenters. The van der Waals surface area contributed by atoms with Gasteiger partial charge in [0.1, 0.15) is 6.10 Å². The predicted molar refractivity (Wildman–Crippen MR) is 72.1 cm³/mol. The first-order valence-electron chi connectivity index (χ1n) is 6.94. The van der Waals surface area contributed by atoms with E-state index in [1.54, 1.807) is 14.0 Å². The Bertz CT molecular complexity index is 245. The molecule has 0 aromatic heterocycles. The molecule has 1 heterocycles. The summed E-state index contributed by atoms with van der Waals surface area (Å²) in [4.78, 5) is 11.7. The minimum Gasteiger partial charge on any atom is -0.383 e. The van der Waals surface area contributed by atoms with Gasteiger partial charge in [-0.3, -0.25) is 4.79 Å². The van der Waals surface area contributed by atoms with Gasteiger partial charge >= 0.3 is 0 Å². The molecule has 0 aliphatic carbocycles. The maximum atomic E-state index is 11.7. The number of carbonyl (C=O) groups excluding carboxylic acids is 1. The standard InChI is InChI=1S/C13H26N2O4/c1-11(19-10-12-4-3-8-18-12)13(16)15-6-5-14-7-9-17-2/h11-12,14H,3-10H2,1-2H3,(H,15,16). The molecule has 2 unspecified atom stereocenters. The summed E-state index contributed by atoms with van der Waals surface area (Å²) in [5.74, 6) is -0.0773. The SMILES string of the molecule is COCCNCCNC(=O)C(C)OCC1CCCO1. The van der Waals surface area contributed by atoms with Crippen LogP contribution in [0.4, 0.5) is 0 Å². The molecule has 1 rings (SSSR count).